The van der Waals surface area contributed by atoms with Gasteiger partial charge in [0.2, 0.25) is 0 Å². The lowest BCUT2D eigenvalue weighted by molar-refractivity contribution is 0.137. The zero-order valence-electron chi connectivity index (χ0n) is 12.6. The fourth-order valence-corrected chi connectivity index (χ4v) is 4.21. The molecule has 0 amide bonds. The van der Waals surface area contributed by atoms with Crippen molar-refractivity contribution in [3.8, 4) is 0 Å². The van der Waals surface area contributed by atoms with Gasteiger partial charge in [0.15, 0.2) is 0 Å². The predicted octanol–water partition coefficient (Wildman–Crippen LogP) is 4.76. The summed E-state index contributed by atoms with van der Waals surface area (Å²) in [5.41, 5.74) is 0.669. The van der Waals surface area contributed by atoms with Crippen LogP contribution in [-0.2, 0) is 0 Å². The summed E-state index contributed by atoms with van der Waals surface area (Å²) in [7, 11) is 0. The highest BCUT2D eigenvalue weighted by Gasteiger charge is 2.34. The summed E-state index contributed by atoms with van der Waals surface area (Å²) in [5.74, 6) is 1.85. The Morgan fingerprint density at radius 3 is 2.28 bits per heavy atom. The molecule has 0 bridgehead atoms. The maximum absolute atomic E-state index is 3.77. The zero-order valence-corrected chi connectivity index (χ0v) is 12.6. The maximum Gasteiger partial charge on any atom is 0.000802 e. The van der Waals surface area contributed by atoms with Gasteiger partial charge in [-0.1, -0.05) is 58.8 Å². The van der Waals surface area contributed by atoms with Crippen LogP contribution in [-0.4, -0.2) is 13.1 Å². The lowest BCUT2D eigenvalue weighted by atomic mass is 9.68. The minimum Gasteiger partial charge on any atom is -0.316 e. The molecule has 2 fully saturated rings. The molecule has 0 aliphatic heterocycles. The average molecular weight is 251 g/mol. The minimum atomic E-state index is 0.669. The van der Waals surface area contributed by atoms with Gasteiger partial charge in [0.05, 0.1) is 0 Å². The Balaban J connectivity index is 1.84. The van der Waals surface area contributed by atoms with Gasteiger partial charge in [-0.05, 0) is 43.1 Å². The number of rotatable bonds is 6. The molecule has 1 nitrogen and oxygen atoms in total. The average Bonchev–Trinajstić information content (AvgIpc) is 2.82. The van der Waals surface area contributed by atoms with Crippen LogP contribution in [0.4, 0.5) is 0 Å². The predicted molar refractivity (Wildman–Crippen MR) is 79.8 cm³/mol. The van der Waals surface area contributed by atoms with Crippen molar-refractivity contribution in [1.82, 2.24) is 5.32 Å². The first-order chi connectivity index (χ1) is 8.70. The number of nitrogens with one attached hydrogen (secondary N) is 1. The van der Waals surface area contributed by atoms with Gasteiger partial charge in [-0.15, -0.1) is 0 Å². The van der Waals surface area contributed by atoms with Gasteiger partial charge in [-0.3, -0.25) is 0 Å². The van der Waals surface area contributed by atoms with Crippen LogP contribution in [0.25, 0.3) is 0 Å². The van der Waals surface area contributed by atoms with E-state index in [-0.39, 0.29) is 0 Å². The van der Waals surface area contributed by atoms with Crippen molar-refractivity contribution < 1.29 is 0 Å². The maximum atomic E-state index is 3.77. The van der Waals surface area contributed by atoms with E-state index in [1.165, 1.54) is 77.3 Å². The van der Waals surface area contributed by atoms with E-state index in [1.54, 1.807) is 0 Å². The summed E-state index contributed by atoms with van der Waals surface area (Å²) in [6.07, 6.45) is 15.0. The summed E-state index contributed by atoms with van der Waals surface area (Å²) in [6.45, 7) is 7.13. The second-order valence-electron chi connectivity index (χ2n) is 7.44. The van der Waals surface area contributed by atoms with E-state index in [9.17, 15) is 0 Å². The summed E-state index contributed by atoms with van der Waals surface area (Å²) < 4.78 is 0. The quantitative estimate of drug-likeness (QED) is 0.717. The Morgan fingerprint density at radius 1 is 1.00 bits per heavy atom. The van der Waals surface area contributed by atoms with E-state index in [1.807, 2.05) is 0 Å². The van der Waals surface area contributed by atoms with E-state index in [0.717, 1.165) is 11.8 Å². The largest absolute Gasteiger partial charge is 0.316 e. The van der Waals surface area contributed by atoms with Gasteiger partial charge in [0.1, 0.15) is 0 Å². The zero-order chi connectivity index (χ0) is 12.8. The van der Waals surface area contributed by atoms with E-state index >= 15 is 0 Å². The Kier molecular flexibility index (Phi) is 5.54. The smallest absolute Gasteiger partial charge is 0.000802 e. The second-order valence-corrected chi connectivity index (χ2v) is 7.44. The SMILES string of the molecule is CC(C)CNCC1(CC2CCCC2)CCCCC1. The van der Waals surface area contributed by atoms with Crippen molar-refractivity contribution in [3.05, 3.63) is 0 Å². The molecule has 2 aliphatic carbocycles. The lowest BCUT2D eigenvalue weighted by Gasteiger charge is -2.40. The molecule has 2 rings (SSSR count). The molecule has 0 aromatic carbocycles. The highest BCUT2D eigenvalue weighted by molar-refractivity contribution is 4.88. The third kappa shape index (κ3) is 4.26. The van der Waals surface area contributed by atoms with E-state index < -0.39 is 0 Å². The Bertz CT molecular complexity index is 222. The van der Waals surface area contributed by atoms with Crippen molar-refractivity contribution in [2.75, 3.05) is 13.1 Å². The van der Waals surface area contributed by atoms with Crippen LogP contribution >= 0.6 is 0 Å². The molecule has 106 valence electrons. The Morgan fingerprint density at radius 2 is 1.67 bits per heavy atom. The fourth-order valence-electron chi connectivity index (χ4n) is 4.21. The highest BCUT2D eigenvalue weighted by Crippen LogP contribution is 2.44. The Labute approximate surface area is 114 Å². The van der Waals surface area contributed by atoms with Gasteiger partial charge in [-0.25, -0.2) is 0 Å². The molecule has 2 saturated carbocycles. The Hall–Kier alpha value is -0.0400. The van der Waals surface area contributed by atoms with Crippen LogP contribution in [0.3, 0.4) is 0 Å². The molecule has 0 aromatic rings. The molecule has 0 radical (unpaired) electrons. The molecule has 0 atom stereocenters. The monoisotopic (exact) mass is 251 g/mol. The molecule has 0 heterocycles. The van der Waals surface area contributed by atoms with Crippen LogP contribution in [0.5, 0.6) is 0 Å². The number of hydrogen-bond donors (Lipinski definition) is 1. The van der Waals surface area contributed by atoms with Crippen molar-refractivity contribution >= 4 is 0 Å². The summed E-state index contributed by atoms with van der Waals surface area (Å²) in [4.78, 5) is 0. The summed E-state index contributed by atoms with van der Waals surface area (Å²) >= 11 is 0. The molecule has 0 unspecified atom stereocenters. The first-order valence-corrected chi connectivity index (χ1v) is 8.41. The van der Waals surface area contributed by atoms with Gasteiger partial charge >= 0.3 is 0 Å². The molecular weight excluding hydrogens is 218 g/mol. The lowest BCUT2D eigenvalue weighted by Crippen LogP contribution is -2.38. The van der Waals surface area contributed by atoms with Crippen LogP contribution in [0.2, 0.25) is 0 Å². The first-order valence-electron chi connectivity index (χ1n) is 8.41. The van der Waals surface area contributed by atoms with Crippen LogP contribution < -0.4 is 5.32 Å². The first kappa shape index (κ1) is 14.4. The standard InChI is InChI=1S/C17H33N/c1-15(2)13-18-14-17(10-6-3-7-11-17)12-16-8-4-5-9-16/h15-16,18H,3-14H2,1-2H3. The van der Waals surface area contributed by atoms with E-state index in [4.69, 9.17) is 0 Å². The molecular formula is C17H33N. The van der Waals surface area contributed by atoms with Crippen LogP contribution in [0.1, 0.15) is 78.1 Å². The molecule has 1 heteroatoms. The van der Waals surface area contributed by atoms with E-state index in [0.29, 0.717) is 5.41 Å². The van der Waals surface area contributed by atoms with Gasteiger partial charge in [-0.2, -0.15) is 0 Å². The second kappa shape index (κ2) is 6.93. The van der Waals surface area contributed by atoms with Crippen molar-refractivity contribution in [3.63, 3.8) is 0 Å². The molecule has 0 saturated heterocycles. The third-order valence-corrected chi connectivity index (χ3v) is 5.16. The molecule has 2 aliphatic rings. The molecule has 0 aromatic heterocycles. The van der Waals surface area contributed by atoms with Gasteiger partial charge in [0.25, 0.3) is 0 Å². The van der Waals surface area contributed by atoms with Crippen molar-refractivity contribution in [1.29, 1.82) is 0 Å². The van der Waals surface area contributed by atoms with Crippen LogP contribution in [0.15, 0.2) is 0 Å². The topological polar surface area (TPSA) is 12.0 Å². The molecule has 1 N–H and O–H groups in total. The van der Waals surface area contributed by atoms with Crippen molar-refractivity contribution in [2.45, 2.75) is 78.1 Å². The molecule has 18 heavy (non-hydrogen) atoms. The summed E-state index contributed by atoms with van der Waals surface area (Å²) in [6, 6.07) is 0. The van der Waals surface area contributed by atoms with Crippen molar-refractivity contribution in [2.24, 2.45) is 17.3 Å². The van der Waals surface area contributed by atoms with E-state index in [2.05, 4.69) is 19.2 Å². The van der Waals surface area contributed by atoms with Gasteiger partial charge < -0.3 is 5.32 Å². The van der Waals surface area contributed by atoms with Gasteiger partial charge in [0, 0.05) is 6.54 Å². The third-order valence-electron chi connectivity index (χ3n) is 5.16. The summed E-state index contributed by atoms with van der Waals surface area (Å²) in [5, 5.41) is 3.77. The number of hydrogen-bond acceptors (Lipinski definition) is 1. The highest BCUT2D eigenvalue weighted by atomic mass is 14.9. The normalized spacial score (nSPS) is 24.8. The minimum absolute atomic E-state index is 0.669. The molecule has 0 spiro atoms. The fraction of sp³-hybridized carbons (Fsp3) is 1.00. The van der Waals surface area contributed by atoms with Crippen LogP contribution in [0, 0.1) is 17.3 Å².